The van der Waals surface area contributed by atoms with Crippen molar-refractivity contribution in [1.29, 1.82) is 0 Å². The third kappa shape index (κ3) is 2.08. The number of rotatable bonds is 2. The van der Waals surface area contributed by atoms with Crippen molar-refractivity contribution >= 4 is 29.5 Å². The first kappa shape index (κ1) is 11.1. The van der Waals surface area contributed by atoms with Crippen LogP contribution in [-0.2, 0) is 0 Å². The van der Waals surface area contributed by atoms with Crippen LogP contribution in [0.4, 0.5) is 0 Å². The molecule has 0 fully saturated rings. The summed E-state index contributed by atoms with van der Waals surface area (Å²) in [6.45, 7) is 0. The molecule has 0 aliphatic rings. The minimum Gasteiger partial charge on any atom is -0.298 e. The van der Waals surface area contributed by atoms with Crippen LogP contribution in [0, 0.1) is 0 Å². The third-order valence-corrected chi connectivity index (χ3v) is 2.72. The van der Waals surface area contributed by atoms with E-state index in [0.717, 1.165) is 0 Å². The summed E-state index contributed by atoms with van der Waals surface area (Å²) in [4.78, 5) is 14.8. The van der Waals surface area contributed by atoms with E-state index in [-0.39, 0.29) is 0 Å². The van der Waals surface area contributed by atoms with E-state index < -0.39 is 0 Å². The minimum absolute atomic E-state index is 0.424. The Labute approximate surface area is 103 Å². The van der Waals surface area contributed by atoms with Gasteiger partial charge in [-0.05, 0) is 24.3 Å². The summed E-state index contributed by atoms with van der Waals surface area (Å²) in [6, 6.07) is 8.62. The topological polar surface area (TPSA) is 30.0 Å². The number of carbonyl (C=O) groups excluding carboxylic acids is 1. The van der Waals surface area contributed by atoms with Gasteiger partial charge in [-0.15, -0.1) is 0 Å². The number of pyridine rings is 1. The van der Waals surface area contributed by atoms with E-state index in [9.17, 15) is 4.79 Å². The Hall–Kier alpha value is -1.38. The first-order valence-electron chi connectivity index (χ1n) is 4.58. The standard InChI is InChI=1S/C12H7Cl2NO/c13-9-5-8(7-16)6-10(14)12(9)11-3-1-2-4-15-11/h1-7H. The van der Waals surface area contributed by atoms with Crippen LogP contribution < -0.4 is 0 Å². The summed E-state index contributed by atoms with van der Waals surface area (Å²) in [5.74, 6) is 0. The Morgan fingerprint density at radius 3 is 2.31 bits per heavy atom. The second-order valence-electron chi connectivity index (χ2n) is 3.19. The highest BCUT2D eigenvalue weighted by Gasteiger charge is 2.10. The molecule has 0 amide bonds. The Balaban J connectivity index is 2.62. The Kier molecular flexibility index (Phi) is 3.22. The van der Waals surface area contributed by atoms with Gasteiger partial charge >= 0.3 is 0 Å². The smallest absolute Gasteiger partial charge is 0.150 e. The molecule has 0 N–H and O–H groups in total. The van der Waals surface area contributed by atoms with Crippen molar-refractivity contribution < 1.29 is 4.79 Å². The molecule has 16 heavy (non-hydrogen) atoms. The zero-order chi connectivity index (χ0) is 11.5. The van der Waals surface area contributed by atoms with Crippen molar-refractivity contribution in [3.63, 3.8) is 0 Å². The van der Waals surface area contributed by atoms with Crippen molar-refractivity contribution in [2.45, 2.75) is 0 Å². The van der Waals surface area contributed by atoms with Gasteiger partial charge in [-0.25, -0.2) is 0 Å². The molecule has 0 bridgehead atoms. The van der Waals surface area contributed by atoms with Gasteiger partial charge in [-0.2, -0.15) is 0 Å². The normalized spacial score (nSPS) is 10.1. The lowest BCUT2D eigenvalue weighted by atomic mass is 10.1. The Morgan fingerprint density at radius 1 is 1.12 bits per heavy atom. The van der Waals surface area contributed by atoms with Crippen molar-refractivity contribution in [3.8, 4) is 11.3 Å². The van der Waals surface area contributed by atoms with Gasteiger partial charge in [0, 0.05) is 17.3 Å². The lowest BCUT2D eigenvalue weighted by Gasteiger charge is -2.06. The molecule has 80 valence electrons. The van der Waals surface area contributed by atoms with Gasteiger partial charge in [0.15, 0.2) is 0 Å². The van der Waals surface area contributed by atoms with E-state index >= 15 is 0 Å². The second-order valence-corrected chi connectivity index (χ2v) is 4.01. The summed E-state index contributed by atoms with van der Waals surface area (Å²) in [5.41, 5.74) is 1.79. The number of hydrogen-bond donors (Lipinski definition) is 0. The van der Waals surface area contributed by atoms with Gasteiger partial charge in [0.05, 0.1) is 15.7 Å². The first-order chi connectivity index (χ1) is 7.72. The molecule has 0 spiro atoms. The molecular weight excluding hydrogens is 245 g/mol. The molecule has 1 heterocycles. The number of benzene rings is 1. The number of hydrogen-bond acceptors (Lipinski definition) is 2. The van der Waals surface area contributed by atoms with Crippen molar-refractivity contribution in [2.75, 3.05) is 0 Å². The maximum atomic E-state index is 10.6. The monoisotopic (exact) mass is 251 g/mol. The van der Waals surface area contributed by atoms with Gasteiger partial charge in [0.1, 0.15) is 6.29 Å². The highest BCUT2D eigenvalue weighted by atomic mass is 35.5. The summed E-state index contributed by atoms with van der Waals surface area (Å²) in [5, 5.41) is 0.849. The fraction of sp³-hybridized carbons (Fsp3) is 0. The lowest BCUT2D eigenvalue weighted by Crippen LogP contribution is -1.88. The molecule has 0 saturated heterocycles. The van der Waals surface area contributed by atoms with Crippen LogP contribution in [0.1, 0.15) is 10.4 Å². The Morgan fingerprint density at radius 2 is 1.81 bits per heavy atom. The number of aldehydes is 1. The van der Waals surface area contributed by atoms with Crippen molar-refractivity contribution in [2.24, 2.45) is 0 Å². The van der Waals surface area contributed by atoms with E-state index in [4.69, 9.17) is 23.2 Å². The fourth-order valence-electron chi connectivity index (χ4n) is 1.42. The molecular formula is C12H7Cl2NO. The van der Waals surface area contributed by atoms with Gasteiger partial charge in [-0.1, -0.05) is 29.3 Å². The van der Waals surface area contributed by atoms with E-state index in [0.29, 0.717) is 33.2 Å². The number of halogens is 2. The Bertz CT molecular complexity index is 503. The largest absolute Gasteiger partial charge is 0.298 e. The van der Waals surface area contributed by atoms with Crippen LogP contribution in [0.15, 0.2) is 36.5 Å². The molecule has 0 saturated carbocycles. The van der Waals surface area contributed by atoms with Crippen molar-refractivity contribution in [1.82, 2.24) is 4.98 Å². The van der Waals surface area contributed by atoms with Crippen LogP contribution in [0.2, 0.25) is 10.0 Å². The highest BCUT2D eigenvalue weighted by molar-refractivity contribution is 6.39. The first-order valence-corrected chi connectivity index (χ1v) is 5.33. The van der Waals surface area contributed by atoms with E-state index in [2.05, 4.69) is 4.98 Å². The highest BCUT2D eigenvalue weighted by Crippen LogP contribution is 2.34. The maximum Gasteiger partial charge on any atom is 0.150 e. The lowest BCUT2D eigenvalue weighted by molar-refractivity contribution is 0.112. The van der Waals surface area contributed by atoms with E-state index in [1.807, 2.05) is 18.2 Å². The molecule has 2 nitrogen and oxygen atoms in total. The third-order valence-electron chi connectivity index (χ3n) is 2.12. The zero-order valence-electron chi connectivity index (χ0n) is 8.15. The molecule has 0 atom stereocenters. The van der Waals surface area contributed by atoms with Crippen LogP contribution in [-0.4, -0.2) is 11.3 Å². The minimum atomic E-state index is 0.424. The SMILES string of the molecule is O=Cc1cc(Cl)c(-c2ccccn2)c(Cl)c1. The van der Waals surface area contributed by atoms with Gasteiger partial charge < -0.3 is 0 Å². The fourth-order valence-corrected chi connectivity index (χ4v) is 2.11. The van der Waals surface area contributed by atoms with Crippen LogP contribution in [0.25, 0.3) is 11.3 Å². The predicted molar refractivity (Wildman–Crippen MR) is 65.1 cm³/mol. The molecule has 2 rings (SSSR count). The molecule has 2 aromatic rings. The summed E-state index contributed by atoms with van der Waals surface area (Å²) < 4.78 is 0. The molecule has 1 aromatic carbocycles. The maximum absolute atomic E-state index is 10.6. The average Bonchev–Trinajstić information content (AvgIpc) is 2.29. The quantitative estimate of drug-likeness (QED) is 0.759. The summed E-state index contributed by atoms with van der Waals surface area (Å²) in [6.07, 6.45) is 2.37. The van der Waals surface area contributed by atoms with Crippen LogP contribution >= 0.6 is 23.2 Å². The second kappa shape index (κ2) is 4.64. The predicted octanol–water partition coefficient (Wildman–Crippen LogP) is 3.87. The van der Waals surface area contributed by atoms with Gasteiger partial charge in [-0.3, -0.25) is 9.78 Å². The zero-order valence-corrected chi connectivity index (χ0v) is 9.66. The molecule has 0 radical (unpaired) electrons. The molecule has 4 heteroatoms. The van der Waals surface area contributed by atoms with E-state index in [1.165, 1.54) is 0 Å². The van der Waals surface area contributed by atoms with Gasteiger partial charge in [0.2, 0.25) is 0 Å². The van der Waals surface area contributed by atoms with Crippen LogP contribution in [0.5, 0.6) is 0 Å². The molecule has 0 unspecified atom stereocenters. The summed E-state index contributed by atoms with van der Waals surface area (Å²) >= 11 is 12.1. The van der Waals surface area contributed by atoms with Gasteiger partial charge in [0.25, 0.3) is 0 Å². The molecule has 1 aromatic heterocycles. The van der Waals surface area contributed by atoms with Crippen molar-refractivity contribution in [3.05, 3.63) is 52.1 Å². The molecule has 0 aliphatic heterocycles. The number of aromatic nitrogens is 1. The summed E-state index contributed by atoms with van der Waals surface area (Å²) in [7, 11) is 0. The average molecular weight is 252 g/mol. The molecule has 0 aliphatic carbocycles. The van der Waals surface area contributed by atoms with E-state index in [1.54, 1.807) is 18.3 Å². The number of nitrogens with zero attached hydrogens (tertiary/aromatic N) is 1. The number of carbonyl (C=O) groups is 1. The van der Waals surface area contributed by atoms with Crippen LogP contribution in [0.3, 0.4) is 0 Å².